The van der Waals surface area contributed by atoms with Crippen molar-refractivity contribution in [3.8, 4) is 0 Å². The Morgan fingerprint density at radius 2 is 2.22 bits per heavy atom. The van der Waals surface area contributed by atoms with Crippen LogP contribution in [-0.2, 0) is 19.1 Å². The van der Waals surface area contributed by atoms with E-state index in [9.17, 15) is 14.7 Å². The second-order valence-corrected chi connectivity index (χ2v) is 5.38. The largest absolute Gasteiger partial charge is 0.456 e. The summed E-state index contributed by atoms with van der Waals surface area (Å²) in [5, 5.41) is 9.44. The quantitative estimate of drug-likeness (QED) is 0.436. The van der Waals surface area contributed by atoms with E-state index in [1.54, 1.807) is 0 Å². The molecule has 0 aromatic carbocycles. The van der Waals surface area contributed by atoms with Gasteiger partial charge in [0.15, 0.2) is 6.61 Å². The summed E-state index contributed by atoms with van der Waals surface area (Å²) in [5.41, 5.74) is 5.48. The van der Waals surface area contributed by atoms with Gasteiger partial charge in [-0.2, -0.15) is 24.4 Å². The summed E-state index contributed by atoms with van der Waals surface area (Å²) < 4.78 is 9.67. The number of carbonyl (C=O) groups is 2. The predicted molar refractivity (Wildman–Crippen MR) is 70.6 cm³/mol. The van der Waals surface area contributed by atoms with Gasteiger partial charge in [-0.05, 0) is 12.2 Å². The summed E-state index contributed by atoms with van der Waals surface area (Å²) in [4.78, 5) is 22.7. The molecule has 104 valence electrons. The molecule has 8 heteroatoms. The van der Waals surface area contributed by atoms with Gasteiger partial charge in [-0.15, -0.1) is 0 Å². The third-order valence-electron chi connectivity index (χ3n) is 2.36. The minimum absolute atomic E-state index is 0.384. The van der Waals surface area contributed by atoms with Gasteiger partial charge >= 0.3 is 11.9 Å². The Hall–Kier alpha value is -0.440. The maximum Gasteiger partial charge on any atom is 0.344 e. The summed E-state index contributed by atoms with van der Waals surface area (Å²) in [7, 11) is 0. The fourth-order valence-electron chi connectivity index (χ4n) is 1.33. The number of hydrogen-bond acceptors (Lipinski definition) is 8. The standard InChI is InChI=1S/C10H17NO5S2/c11-6(1-2-17)10(14)15-3-9(13)16-8-5-18-4-7(8)12/h6-8,12,17H,1-5,11H2/t6-,7?,8?/m0/s1. The Morgan fingerprint density at radius 1 is 1.50 bits per heavy atom. The molecule has 2 unspecified atom stereocenters. The lowest BCUT2D eigenvalue weighted by atomic mass is 10.2. The lowest BCUT2D eigenvalue weighted by Crippen LogP contribution is -2.35. The van der Waals surface area contributed by atoms with E-state index >= 15 is 0 Å². The first kappa shape index (κ1) is 15.6. The second-order valence-electron chi connectivity index (χ2n) is 3.86. The molecular formula is C10H17NO5S2. The van der Waals surface area contributed by atoms with Gasteiger partial charge in [0.2, 0.25) is 0 Å². The van der Waals surface area contributed by atoms with E-state index in [1.807, 2.05) is 0 Å². The molecule has 0 amide bonds. The van der Waals surface area contributed by atoms with E-state index in [-0.39, 0.29) is 0 Å². The minimum Gasteiger partial charge on any atom is -0.456 e. The monoisotopic (exact) mass is 295 g/mol. The van der Waals surface area contributed by atoms with Crippen molar-refractivity contribution in [3.05, 3.63) is 0 Å². The molecule has 6 nitrogen and oxygen atoms in total. The highest BCUT2D eigenvalue weighted by Gasteiger charge is 2.29. The number of nitrogens with two attached hydrogens (primary N) is 1. The number of aliphatic hydroxyl groups excluding tert-OH is 1. The van der Waals surface area contributed by atoms with Gasteiger partial charge in [-0.1, -0.05) is 0 Å². The Kier molecular flexibility index (Phi) is 6.83. The molecule has 3 N–H and O–H groups in total. The molecule has 1 aliphatic heterocycles. The first-order chi connectivity index (χ1) is 8.54. The molecule has 0 aromatic rings. The first-order valence-corrected chi connectivity index (χ1v) is 7.31. The van der Waals surface area contributed by atoms with Crippen molar-refractivity contribution in [3.63, 3.8) is 0 Å². The van der Waals surface area contributed by atoms with Crippen LogP contribution in [0.25, 0.3) is 0 Å². The fourth-order valence-corrected chi connectivity index (χ4v) is 2.73. The highest BCUT2D eigenvalue weighted by atomic mass is 32.2. The van der Waals surface area contributed by atoms with E-state index in [2.05, 4.69) is 12.6 Å². The molecule has 1 aliphatic rings. The Balaban J connectivity index is 2.22. The van der Waals surface area contributed by atoms with Crippen LogP contribution in [-0.4, -0.2) is 59.2 Å². The highest BCUT2D eigenvalue weighted by Crippen LogP contribution is 2.20. The zero-order valence-electron chi connectivity index (χ0n) is 9.78. The normalized spacial score (nSPS) is 24.6. The molecule has 3 atom stereocenters. The number of hydrogen-bond donors (Lipinski definition) is 3. The average Bonchev–Trinajstić information content (AvgIpc) is 2.72. The molecular weight excluding hydrogens is 278 g/mol. The molecule has 0 spiro atoms. The zero-order valence-corrected chi connectivity index (χ0v) is 11.5. The number of esters is 2. The van der Waals surface area contributed by atoms with Crippen LogP contribution in [0.15, 0.2) is 0 Å². The van der Waals surface area contributed by atoms with Crippen molar-refractivity contribution >= 4 is 36.3 Å². The van der Waals surface area contributed by atoms with E-state index in [0.29, 0.717) is 23.7 Å². The molecule has 18 heavy (non-hydrogen) atoms. The van der Waals surface area contributed by atoms with Crippen LogP contribution < -0.4 is 5.73 Å². The molecule has 0 aliphatic carbocycles. The molecule has 0 aromatic heterocycles. The lowest BCUT2D eigenvalue weighted by molar-refractivity contribution is -0.164. The lowest BCUT2D eigenvalue weighted by Gasteiger charge is -2.15. The molecule has 1 fully saturated rings. The zero-order chi connectivity index (χ0) is 13.5. The number of thiol groups is 1. The average molecular weight is 295 g/mol. The number of rotatable bonds is 6. The predicted octanol–water partition coefficient (Wildman–Crippen LogP) is -0.804. The molecule has 1 heterocycles. The summed E-state index contributed by atoms with van der Waals surface area (Å²) in [6.07, 6.45) is -0.789. The van der Waals surface area contributed by atoms with Crippen LogP contribution >= 0.6 is 24.4 Å². The van der Waals surface area contributed by atoms with Crippen molar-refractivity contribution in [2.75, 3.05) is 23.9 Å². The van der Waals surface area contributed by atoms with Crippen molar-refractivity contribution in [1.82, 2.24) is 0 Å². The van der Waals surface area contributed by atoms with E-state index in [1.165, 1.54) is 11.8 Å². The first-order valence-electron chi connectivity index (χ1n) is 5.53. The topological polar surface area (TPSA) is 98.9 Å². The van der Waals surface area contributed by atoms with Crippen molar-refractivity contribution in [2.45, 2.75) is 24.7 Å². The molecule has 0 bridgehead atoms. The highest BCUT2D eigenvalue weighted by molar-refractivity contribution is 7.99. The number of thioether (sulfide) groups is 1. The van der Waals surface area contributed by atoms with Crippen LogP contribution in [0.4, 0.5) is 0 Å². The van der Waals surface area contributed by atoms with Crippen LogP contribution in [0.2, 0.25) is 0 Å². The number of ether oxygens (including phenoxy) is 2. The van der Waals surface area contributed by atoms with Crippen molar-refractivity contribution in [1.29, 1.82) is 0 Å². The van der Waals surface area contributed by atoms with Gasteiger partial charge in [0.05, 0.1) is 0 Å². The van der Waals surface area contributed by atoms with Crippen LogP contribution in [0.5, 0.6) is 0 Å². The Morgan fingerprint density at radius 3 is 2.78 bits per heavy atom. The minimum atomic E-state index is -0.775. The third-order valence-corrected chi connectivity index (χ3v) is 3.76. The van der Waals surface area contributed by atoms with E-state index in [4.69, 9.17) is 15.2 Å². The van der Waals surface area contributed by atoms with E-state index < -0.39 is 36.8 Å². The summed E-state index contributed by atoms with van der Waals surface area (Å²) in [5.74, 6) is 0.242. The van der Waals surface area contributed by atoms with Crippen molar-refractivity contribution < 1.29 is 24.2 Å². The molecule has 0 saturated carbocycles. The van der Waals surface area contributed by atoms with Crippen LogP contribution in [0.3, 0.4) is 0 Å². The van der Waals surface area contributed by atoms with Crippen molar-refractivity contribution in [2.24, 2.45) is 5.73 Å². The van der Waals surface area contributed by atoms with Gasteiger partial charge in [0.1, 0.15) is 18.2 Å². The smallest absolute Gasteiger partial charge is 0.344 e. The fraction of sp³-hybridized carbons (Fsp3) is 0.800. The molecule has 1 rings (SSSR count). The van der Waals surface area contributed by atoms with Gasteiger partial charge in [-0.25, -0.2) is 4.79 Å². The summed E-state index contributed by atoms with van der Waals surface area (Å²) in [6.45, 7) is -0.479. The number of aliphatic hydroxyl groups is 1. The maximum atomic E-state index is 11.4. The Labute approximate surface area is 115 Å². The molecule has 1 saturated heterocycles. The summed E-state index contributed by atoms with van der Waals surface area (Å²) in [6, 6.07) is -0.775. The number of carbonyl (C=O) groups excluding carboxylic acids is 2. The van der Waals surface area contributed by atoms with Gasteiger partial charge < -0.3 is 20.3 Å². The second kappa shape index (κ2) is 7.88. The van der Waals surface area contributed by atoms with Gasteiger partial charge in [0, 0.05) is 11.5 Å². The van der Waals surface area contributed by atoms with Gasteiger partial charge in [0.25, 0.3) is 0 Å². The van der Waals surface area contributed by atoms with Crippen LogP contribution in [0.1, 0.15) is 6.42 Å². The summed E-state index contributed by atoms with van der Waals surface area (Å²) >= 11 is 5.45. The SMILES string of the molecule is N[C@@H](CCS)C(=O)OCC(=O)OC1CSCC1O. The molecule has 0 radical (unpaired) electrons. The third kappa shape index (κ3) is 5.05. The maximum absolute atomic E-state index is 11.4. The van der Waals surface area contributed by atoms with Gasteiger partial charge in [-0.3, -0.25) is 4.79 Å². The Bertz CT molecular complexity index is 302. The van der Waals surface area contributed by atoms with E-state index in [0.717, 1.165) is 0 Å². The van der Waals surface area contributed by atoms with Crippen LogP contribution in [0, 0.1) is 0 Å².